The molecule has 0 unspecified atom stereocenters. The van der Waals surface area contributed by atoms with Gasteiger partial charge in [-0.05, 0) is 49.4 Å². The zero-order valence-corrected chi connectivity index (χ0v) is 19.6. The maximum absolute atomic E-state index is 15.0. The van der Waals surface area contributed by atoms with E-state index < -0.39 is 21.7 Å². The summed E-state index contributed by atoms with van der Waals surface area (Å²) in [6, 6.07) is 12.6. The molecule has 1 saturated heterocycles. The zero-order chi connectivity index (χ0) is 22.9. The maximum Gasteiger partial charge on any atom is 0.343 e. The van der Waals surface area contributed by atoms with Gasteiger partial charge in [0, 0.05) is 42.1 Å². The molecule has 5 nitrogen and oxygen atoms in total. The predicted molar refractivity (Wildman–Crippen MR) is 122 cm³/mol. The molecule has 2 fully saturated rings. The molecule has 1 aliphatic heterocycles. The van der Waals surface area contributed by atoms with Crippen molar-refractivity contribution in [3.8, 4) is 11.1 Å². The number of rotatable bonds is 6. The molecule has 8 heteroatoms. The summed E-state index contributed by atoms with van der Waals surface area (Å²) in [5, 5.41) is 0.471. The Bertz CT molecular complexity index is 1110. The molecule has 1 aliphatic carbocycles. The van der Waals surface area contributed by atoms with Crippen LogP contribution >= 0.6 is 11.6 Å². The second-order valence-corrected chi connectivity index (χ2v) is 10.8. The molecular formula is C24H27ClFNO4S. The van der Waals surface area contributed by atoms with Gasteiger partial charge in [-0.3, -0.25) is 0 Å². The van der Waals surface area contributed by atoms with Crippen molar-refractivity contribution in [1.29, 1.82) is 0 Å². The maximum atomic E-state index is 15.0. The molecule has 0 spiro atoms. The molecule has 2 aromatic carbocycles. The Hall–Kier alpha value is -1.96. The number of hydrogen-bond donors (Lipinski definition) is 0. The average molecular weight is 480 g/mol. The van der Waals surface area contributed by atoms with Gasteiger partial charge in [0.1, 0.15) is 0 Å². The Balaban J connectivity index is 1.68. The summed E-state index contributed by atoms with van der Waals surface area (Å²) in [7, 11) is -3.92. The molecule has 0 radical (unpaired) electrons. The van der Waals surface area contributed by atoms with Gasteiger partial charge in [0.2, 0.25) is 15.7 Å². The molecule has 2 aliphatic rings. The second-order valence-electron chi connectivity index (χ2n) is 8.45. The molecule has 4 rings (SSSR count). The van der Waals surface area contributed by atoms with E-state index in [9.17, 15) is 17.6 Å². The molecule has 0 bridgehead atoms. The summed E-state index contributed by atoms with van der Waals surface area (Å²) in [4.78, 5) is 12.1. The molecule has 0 N–H and O–H groups in total. The number of carbonyl (C=O) groups excluding carboxylic acids is 1. The third kappa shape index (κ3) is 4.30. The van der Waals surface area contributed by atoms with E-state index in [1.165, 1.54) is 10.7 Å². The number of hydrogen-bond acceptors (Lipinski definition) is 4. The first-order chi connectivity index (χ1) is 15.3. The zero-order valence-electron chi connectivity index (χ0n) is 18.0. The van der Waals surface area contributed by atoms with Crippen molar-refractivity contribution < 1.29 is 22.3 Å². The Kier molecular flexibility index (Phi) is 6.61. The minimum absolute atomic E-state index is 0.0844. The lowest BCUT2D eigenvalue weighted by Crippen LogP contribution is -2.49. The van der Waals surface area contributed by atoms with Crippen LogP contribution in [0, 0.1) is 0 Å². The number of ether oxygens (including phenoxy) is 1. The number of carbonyl (C=O) groups is 1. The molecule has 1 saturated carbocycles. The number of esters is 1. The van der Waals surface area contributed by atoms with E-state index in [0.717, 1.165) is 18.4 Å². The Morgan fingerprint density at radius 3 is 2.44 bits per heavy atom. The third-order valence-electron chi connectivity index (χ3n) is 6.52. The predicted octanol–water partition coefficient (Wildman–Crippen LogP) is 5.33. The van der Waals surface area contributed by atoms with Gasteiger partial charge in [-0.2, -0.15) is 4.31 Å². The van der Waals surface area contributed by atoms with Gasteiger partial charge in [0.25, 0.3) is 0 Å². The first-order valence-corrected chi connectivity index (χ1v) is 12.8. The summed E-state index contributed by atoms with van der Waals surface area (Å²) in [6.45, 7) is 1.51. The summed E-state index contributed by atoms with van der Waals surface area (Å²) in [5.74, 6) is -0.488. The van der Waals surface area contributed by atoms with Gasteiger partial charge in [-0.15, -0.1) is 0 Å². The van der Waals surface area contributed by atoms with Gasteiger partial charge in [0.15, 0.2) is 0 Å². The van der Waals surface area contributed by atoms with E-state index in [2.05, 4.69) is 0 Å². The fourth-order valence-corrected chi connectivity index (χ4v) is 6.21. The van der Waals surface area contributed by atoms with Gasteiger partial charge in [-0.1, -0.05) is 42.3 Å². The lowest BCUT2D eigenvalue weighted by molar-refractivity contribution is -0.160. The number of nitrogens with zero attached hydrogens (tertiary/aromatic N) is 1. The highest BCUT2D eigenvalue weighted by molar-refractivity contribution is 7.89. The van der Waals surface area contributed by atoms with Crippen molar-refractivity contribution in [3.63, 3.8) is 0 Å². The van der Waals surface area contributed by atoms with Crippen molar-refractivity contribution in [2.45, 2.75) is 55.5 Å². The summed E-state index contributed by atoms with van der Waals surface area (Å²) in [6.07, 6.45) is 2.89. The summed E-state index contributed by atoms with van der Waals surface area (Å²) < 4.78 is 48.3. The van der Waals surface area contributed by atoms with Crippen molar-refractivity contribution in [3.05, 3.63) is 53.1 Å². The van der Waals surface area contributed by atoms with Crippen LogP contribution in [0.15, 0.2) is 47.4 Å². The number of alkyl halides is 1. The van der Waals surface area contributed by atoms with Crippen LogP contribution in [0.2, 0.25) is 5.02 Å². The number of halogens is 2. The highest BCUT2D eigenvalue weighted by Crippen LogP contribution is 2.42. The molecule has 32 heavy (non-hydrogen) atoms. The lowest BCUT2D eigenvalue weighted by atomic mass is 9.79. The van der Waals surface area contributed by atoms with Crippen LogP contribution in [0.5, 0.6) is 0 Å². The van der Waals surface area contributed by atoms with Crippen LogP contribution in [0.25, 0.3) is 11.1 Å². The van der Waals surface area contributed by atoms with E-state index in [4.69, 9.17) is 16.3 Å². The van der Waals surface area contributed by atoms with E-state index >= 15 is 0 Å². The Labute approximate surface area is 193 Å². The van der Waals surface area contributed by atoms with Crippen LogP contribution in [0.1, 0.15) is 50.5 Å². The van der Waals surface area contributed by atoms with Crippen molar-refractivity contribution >= 4 is 27.6 Å². The molecule has 0 atom stereocenters. The molecular weight excluding hydrogens is 453 g/mol. The van der Waals surface area contributed by atoms with Crippen LogP contribution < -0.4 is 0 Å². The van der Waals surface area contributed by atoms with Crippen LogP contribution in [-0.4, -0.2) is 44.1 Å². The highest BCUT2D eigenvalue weighted by atomic mass is 35.5. The molecule has 0 aromatic heterocycles. The highest BCUT2D eigenvalue weighted by Gasteiger charge is 2.46. The average Bonchev–Trinajstić information content (AvgIpc) is 2.73. The minimum Gasteiger partial charge on any atom is -0.464 e. The standard InChI is InChI=1S/C24H27ClFNO4S/c1-2-31-23(28)24(26)12-14-27(15-13-24)32(29,30)22-11-10-18(17-6-5-7-17)16-20(22)19-8-3-4-9-21(19)25/h3-4,8-11,16-17H,2,5-7,12-15H2,1H3. The van der Waals surface area contributed by atoms with Crippen molar-refractivity contribution in [2.75, 3.05) is 19.7 Å². The summed E-state index contributed by atoms with van der Waals surface area (Å²) >= 11 is 6.44. The number of benzene rings is 2. The fourth-order valence-electron chi connectivity index (χ4n) is 4.34. The number of sulfonamides is 1. The van der Waals surface area contributed by atoms with Gasteiger partial charge in [-0.25, -0.2) is 17.6 Å². The van der Waals surface area contributed by atoms with Gasteiger partial charge < -0.3 is 4.74 Å². The van der Waals surface area contributed by atoms with E-state index in [1.54, 1.807) is 25.1 Å². The quantitative estimate of drug-likeness (QED) is 0.525. The summed E-state index contributed by atoms with van der Waals surface area (Å²) in [5.41, 5.74) is 0.162. The monoisotopic (exact) mass is 479 g/mol. The Morgan fingerprint density at radius 2 is 1.84 bits per heavy atom. The van der Waals surface area contributed by atoms with Crippen molar-refractivity contribution in [1.82, 2.24) is 4.31 Å². The fraction of sp³-hybridized carbons (Fsp3) is 0.458. The Morgan fingerprint density at radius 1 is 1.16 bits per heavy atom. The molecule has 1 heterocycles. The molecule has 172 valence electrons. The van der Waals surface area contributed by atoms with Gasteiger partial charge >= 0.3 is 5.97 Å². The smallest absolute Gasteiger partial charge is 0.343 e. The normalized spacial score (nSPS) is 19.3. The van der Waals surface area contributed by atoms with Gasteiger partial charge in [0.05, 0.1) is 11.5 Å². The first-order valence-electron chi connectivity index (χ1n) is 11.0. The third-order valence-corrected chi connectivity index (χ3v) is 8.80. The second kappa shape index (κ2) is 9.12. The largest absolute Gasteiger partial charge is 0.464 e. The SMILES string of the molecule is CCOC(=O)C1(F)CCN(S(=O)(=O)c2ccc(C3CCC3)cc2-c2ccccc2Cl)CC1. The van der Waals surface area contributed by atoms with Crippen LogP contribution in [0.4, 0.5) is 4.39 Å². The molecule has 0 amide bonds. The van der Waals surface area contributed by atoms with Crippen LogP contribution in [-0.2, 0) is 19.6 Å². The topological polar surface area (TPSA) is 63.7 Å². The van der Waals surface area contributed by atoms with E-state index in [-0.39, 0.29) is 37.4 Å². The van der Waals surface area contributed by atoms with Crippen molar-refractivity contribution in [2.24, 2.45) is 0 Å². The lowest BCUT2D eigenvalue weighted by Gasteiger charge is -2.34. The molecule has 2 aromatic rings. The van der Waals surface area contributed by atoms with E-state index in [1.807, 2.05) is 24.3 Å². The van der Waals surface area contributed by atoms with E-state index in [0.29, 0.717) is 22.1 Å². The first kappa shape index (κ1) is 23.2. The number of piperidine rings is 1. The van der Waals surface area contributed by atoms with Crippen LogP contribution in [0.3, 0.4) is 0 Å². The minimum atomic E-state index is -3.92.